The molecule has 0 radical (unpaired) electrons. The molecule has 152 valence electrons. The second-order valence-corrected chi connectivity index (χ2v) is 7.61. The summed E-state index contributed by atoms with van der Waals surface area (Å²) in [5.41, 5.74) is 3.06. The molecule has 6 heteroatoms. The van der Waals surface area contributed by atoms with Crippen molar-refractivity contribution in [3.05, 3.63) is 70.0 Å². The number of carbonyl (C=O) groups is 1. The van der Waals surface area contributed by atoms with Crippen molar-refractivity contribution in [3.63, 3.8) is 0 Å². The first kappa shape index (κ1) is 20.5. The number of urea groups is 1. The molecule has 3 rings (SSSR count). The summed E-state index contributed by atoms with van der Waals surface area (Å²) in [5, 5.41) is 3.90. The molecule has 0 spiro atoms. The highest BCUT2D eigenvalue weighted by molar-refractivity contribution is 5.91. The minimum Gasteiger partial charge on any atom is -0.495 e. The zero-order valence-electron chi connectivity index (χ0n) is 17.3. The summed E-state index contributed by atoms with van der Waals surface area (Å²) in [4.78, 5) is 29.8. The van der Waals surface area contributed by atoms with Crippen LogP contribution >= 0.6 is 0 Å². The third kappa shape index (κ3) is 4.96. The van der Waals surface area contributed by atoms with E-state index < -0.39 is 0 Å². The van der Waals surface area contributed by atoms with Gasteiger partial charge < -0.3 is 19.9 Å². The van der Waals surface area contributed by atoms with Gasteiger partial charge >= 0.3 is 6.03 Å². The van der Waals surface area contributed by atoms with E-state index in [-0.39, 0.29) is 17.5 Å². The summed E-state index contributed by atoms with van der Waals surface area (Å²) in [6.45, 7) is 6.97. The van der Waals surface area contributed by atoms with E-state index in [1.807, 2.05) is 49.4 Å². The Bertz CT molecular complexity index is 1070. The number of aromatic amines is 1. The van der Waals surface area contributed by atoms with E-state index in [1.54, 1.807) is 18.1 Å². The van der Waals surface area contributed by atoms with Gasteiger partial charge in [0, 0.05) is 30.1 Å². The first-order valence-electron chi connectivity index (χ1n) is 9.69. The fourth-order valence-corrected chi connectivity index (χ4v) is 3.39. The van der Waals surface area contributed by atoms with Gasteiger partial charge in [0.05, 0.1) is 12.8 Å². The number of anilines is 1. The molecule has 0 atom stereocenters. The number of pyridine rings is 1. The van der Waals surface area contributed by atoms with Gasteiger partial charge in [-0.25, -0.2) is 4.79 Å². The van der Waals surface area contributed by atoms with Gasteiger partial charge in [0.1, 0.15) is 5.75 Å². The number of para-hydroxylation sites is 1. The van der Waals surface area contributed by atoms with Gasteiger partial charge in [-0.05, 0) is 42.2 Å². The predicted molar refractivity (Wildman–Crippen MR) is 117 cm³/mol. The van der Waals surface area contributed by atoms with E-state index >= 15 is 0 Å². The Morgan fingerprint density at radius 3 is 2.66 bits per heavy atom. The normalized spacial score (nSPS) is 10.9. The lowest BCUT2D eigenvalue weighted by Crippen LogP contribution is -2.37. The highest BCUT2D eigenvalue weighted by Crippen LogP contribution is 2.26. The van der Waals surface area contributed by atoms with E-state index in [1.165, 1.54) is 0 Å². The van der Waals surface area contributed by atoms with Crippen LogP contribution in [-0.4, -0.2) is 29.6 Å². The van der Waals surface area contributed by atoms with Crippen LogP contribution in [0.2, 0.25) is 0 Å². The van der Waals surface area contributed by atoms with Gasteiger partial charge in [-0.1, -0.05) is 38.1 Å². The molecule has 2 N–H and O–H groups in total. The monoisotopic (exact) mass is 393 g/mol. The minimum atomic E-state index is -0.230. The largest absolute Gasteiger partial charge is 0.495 e. The van der Waals surface area contributed by atoms with Crippen molar-refractivity contribution in [1.29, 1.82) is 0 Å². The molecule has 1 aromatic heterocycles. The second kappa shape index (κ2) is 8.82. The van der Waals surface area contributed by atoms with Crippen LogP contribution in [0, 0.1) is 12.8 Å². The Hall–Kier alpha value is -3.28. The van der Waals surface area contributed by atoms with Crippen molar-refractivity contribution in [1.82, 2.24) is 9.88 Å². The fourth-order valence-electron chi connectivity index (χ4n) is 3.39. The van der Waals surface area contributed by atoms with Crippen LogP contribution in [0.15, 0.2) is 53.3 Å². The standard InChI is InChI=1S/C23H27N3O3/c1-15(2)13-26(23(28)25-20-11-16(3)9-10-21(20)29-4)14-17-12-22(27)24-19-8-6-5-7-18(17)19/h5-12,15H,13-14H2,1-4H3,(H,24,27)(H,25,28). The van der Waals surface area contributed by atoms with Crippen LogP contribution in [-0.2, 0) is 6.54 Å². The van der Waals surface area contributed by atoms with E-state index in [4.69, 9.17) is 4.74 Å². The van der Waals surface area contributed by atoms with Crippen molar-refractivity contribution in [2.75, 3.05) is 19.0 Å². The Labute approximate surface area is 170 Å². The number of fused-ring (bicyclic) bond motifs is 1. The number of ether oxygens (including phenoxy) is 1. The lowest BCUT2D eigenvalue weighted by molar-refractivity contribution is 0.201. The highest BCUT2D eigenvalue weighted by Gasteiger charge is 2.19. The molecule has 2 aromatic carbocycles. The number of aromatic nitrogens is 1. The molecule has 0 unspecified atom stereocenters. The number of methoxy groups -OCH3 is 1. The van der Waals surface area contributed by atoms with Gasteiger partial charge in [-0.2, -0.15) is 0 Å². The average molecular weight is 393 g/mol. The quantitative estimate of drug-likeness (QED) is 0.646. The van der Waals surface area contributed by atoms with Crippen LogP contribution in [0.3, 0.4) is 0 Å². The van der Waals surface area contributed by atoms with Crippen LogP contribution in [0.4, 0.5) is 10.5 Å². The number of hydrogen-bond acceptors (Lipinski definition) is 3. The summed E-state index contributed by atoms with van der Waals surface area (Å²) in [6, 6.07) is 14.6. The molecule has 1 heterocycles. The molecular formula is C23H27N3O3. The number of carbonyl (C=O) groups excluding carboxylic acids is 1. The van der Waals surface area contributed by atoms with E-state index in [0.717, 1.165) is 22.0 Å². The van der Waals surface area contributed by atoms with Gasteiger partial charge in [0.25, 0.3) is 0 Å². The lowest BCUT2D eigenvalue weighted by atomic mass is 10.1. The van der Waals surface area contributed by atoms with Gasteiger partial charge in [0.15, 0.2) is 0 Å². The topological polar surface area (TPSA) is 74.4 Å². The number of nitrogens with zero attached hydrogens (tertiary/aromatic N) is 1. The number of nitrogens with one attached hydrogen (secondary N) is 2. The maximum Gasteiger partial charge on any atom is 0.322 e. The Balaban J connectivity index is 1.92. The molecular weight excluding hydrogens is 366 g/mol. The number of hydrogen-bond donors (Lipinski definition) is 2. The third-order valence-electron chi connectivity index (χ3n) is 4.67. The number of amides is 2. The lowest BCUT2D eigenvalue weighted by Gasteiger charge is -2.26. The Morgan fingerprint density at radius 1 is 1.17 bits per heavy atom. The maximum absolute atomic E-state index is 13.1. The molecule has 0 aliphatic heterocycles. The van der Waals surface area contributed by atoms with Crippen molar-refractivity contribution < 1.29 is 9.53 Å². The maximum atomic E-state index is 13.1. The zero-order chi connectivity index (χ0) is 21.0. The summed E-state index contributed by atoms with van der Waals surface area (Å²) >= 11 is 0. The van der Waals surface area contributed by atoms with Crippen molar-refractivity contribution in [3.8, 4) is 5.75 Å². The molecule has 3 aromatic rings. The number of H-pyrrole nitrogens is 1. The summed E-state index contributed by atoms with van der Waals surface area (Å²) in [6.07, 6.45) is 0. The van der Waals surface area contributed by atoms with Crippen molar-refractivity contribution >= 4 is 22.6 Å². The van der Waals surface area contributed by atoms with Crippen molar-refractivity contribution in [2.24, 2.45) is 5.92 Å². The highest BCUT2D eigenvalue weighted by atomic mass is 16.5. The first-order valence-corrected chi connectivity index (χ1v) is 9.69. The summed E-state index contributed by atoms with van der Waals surface area (Å²) in [5.74, 6) is 0.878. The van der Waals surface area contributed by atoms with E-state index in [9.17, 15) is 9.59 Å². The van der Waals surface area contributed by atoms with E-state index in [0.29, 0.717) is 24.5 Å². The smallest absolute Gasteiger partial charge is 0.322 e. The van der Waals surface area contributed by atoms with Crippen LogP contribution in [0.1, 0.15) is 25.0 Å². The first-order chi connectivity index (χ1) is 13.9. The molecule has 2 amide bonds. The number of rotatable bonds is 6. The molecule has 0 bridgehead atoms. The number of benzene rings is 2. The second-order valence-electron chi connectivity index (χ2n) is 7.61. The molecule has 0 aliphatic carbocycles. The molecule has 29 heavy (non-hydrogen) atoms. The number of aryl methyl sites for hydroxylation is 1. The summed E-state index contributed by atoms with van der Waals surface area (Å²) in [7, 11) is 1.58. The summed E-state index contributed by atoms with van der Waals surface area (Å²) < 4.78 is 5.38. The minimum absolute atomic E-state index is 0.177. The Kier molecular flexibility index (Phi) is 6.22. The van der Waals surface area contributed by atoms with E-state index in [2.05, 4.69) is 24.1 Å². The molecule has 0 fully saturated rings. The SMILES string of the molecule is COc1ccc(C)cc1NC(=O)N(Cc1cc(=O)[nH]c2ccccc12)CC(C)C. The zero-order valence-corrected chi connectivity index (χ0v) is 17.3. The van der Waals surface area contributed by atoms with Gasteiger partial charge in [-0.3, -0.25) is 4.79 Å². The average Bonchev–Trinajstić information content (AvgIpc) is 2.67. The molecule has 0 saturated carbocycles. The predicted octanol–water partition coefficient (Wildman–Crippen LogP) is 4.54. The van der Waals surface area contributed by atoms with Gasteiger partial charge in [-0.15, -0.1) is 0 Å². The molecule has 0 saturated heterocycles. The van der Waals surface area contributed by atoms with Crippen LogP contribution < -0.4 is 15.6 Å². The van der Waals surface area contributed by atoms with Crippen molar-refractivity contribution in [2.45, 2.75) is 27.3 Å². The molecule has 6 nitrogen and oxygen atoms in total. The third-order valence-corrected chi connectivity index (χ3v) is 4.67. The van der Waals surface area contributed by atoms with Gasteiger partial charge in [0.2, 0.25) is 5.56 Å². The fraction of sp³-hybridized carbons (Fsp3) is 0.304. The van der Waals surface area contributed by atoms with Crippen LogP contribution in [0.5, 0.6) is 5.75 Å². The Morgan fingerprint density at radius 2 is 1.93 bits per heavy atom. The van der Waals surface area contributed by atoms with Crippen LogP contribution in [0.25, 0.3) is 10.9 Å². The molecule has 0 aliphatic rings.